The summed E-state index contributed by atoms with van der Waals surface area (Å²) < 4.78 is 23.3. The molecule has 0 aromatic heterocycles. The van der Waals surface area contributed by atoms with Gasteiger partial charge in [-0.2, -0.15) is 0 Å². The lowest BCUT2D eigenvalue weighted by Gasteiger charge is -2.20. The number of carbonyl (C=O) groups excluding carboxylic acids is 4. The van der Waals surface area contributed by atoms with Gasteiger partial charge in [0.1, 0.15) is 0 Å². The van der Waals surface area contributed by atoms with Crippen LogP contribution in [0.15, 0.2) is 36.4 Å². The van der Waals surface area contributed by atoms with E-state index in [1.807, 2.05) is 18.2 Å². The molecule has 2 rings (SSSR count). The fourth-order valence-electron chi connectivity index (χ4n) is 6.60. The third-order valence-corrected chi connectivity index (χ3v) is 9.88. The van der Waals surface area contributed by atoms with E-state index in [9.17, 15) is 19.2 Å². The van der Waals surface area contributed by atoms with E-state index < -0.39 is 23.9 Å². The summed E-state index contributed by atoms with van der Waals surface area (Å²) in [4.78, 5) is 56.9. The molecule has 56 heavy (non-hydrogen) atoms. The molecule has 0 amide bonds. The zero-order chi connectivity index (χ0) is 41.3. The minimum atomic E-state index is -0.873. The Morgan fingerprint density at radius 2 is 0.750 bits per heavy atom. The second-order valence-electron chi connectivity index (χ2n) is 17.0. The van der Waals surface area contributed by atoms with Crippen molar-refractivity contribution in [2.24, 2.45) is 23.7 Å². The molecule has 0 unspecified atom stereocenters. The Balaban J connectivity index is 2.65. The Bertz CT molecular complexity index is 1440. The van der Waals surface area contributed by atoms with Gasteiger partial charge in [0.05, 0.1) is 48.7 Å². The van der Waals surface area contributed by atoms with E-state index in [2.05, 4.69) is 55.4 Å². The first-order valence-corrected chi connectivity index (χ1v) is 21.8. The van der Waals surface area contributed by atoms with Crippen molar-refractivity contribution < 1.29 is 38.1 Å². The fraction of sp³-hybridized carbons (Fsp3) is 0.667. The van der Waals surface area contributed by atoms with E-state index in [4.69, 9.17) is 18.9 Å². The molecule has 8 nitrogen and oxygen atoms in total. The lowest BCUT2D eigenvalue weighted by atomic mass is 9.88. The summed E-state index contributed by atoms with van der Waals surface area (Å²) in [6.07, 6.45) is 14.4. The van der Waals surface area contributed by atoms with Crippen molar-refractivity contribution >= 4 is 23.9 Å². The molecule has 0 saturated carbocycles. The molecule has 0 atom stereocenters. The maximum absolute atomic E-state index is 14.3. The van der Waals surface area contributed by atoms with Gasteiger partial charge in [-0.05, 0) is 66.5 Å². The van der Waals surface area contributed by atoms with E-state index in [0.717, 1.165) is 77.0 Å². The predicted octanol–water partition coefficient (Wildman–Crippen LogP) is 12.8. The van der Waals surface area contributed by atoms with Crippen molar-refractivity contribution in [1.82, 2.24) is 0 Å². The van der Waals surface area contributed by atoms with Crippen LogP contribution < -0.4 is 0 Å². The number of hydrogen-bond donors (Lipinski definition) is 0. The van der Waals surface area contributed by atoms with Crippen molar-refractivity contribution in [2.45, 2.75) is 158 Å². The average Bonchev–Trinajstić information content (AvgIpc) is 3.15. The van der Waals surface area contributed by atoms with Gasteiger partial charge in [0.15, 0.2) is 0 Å². The minimum Gasteiger partial charge on any atom is -0.462 e. The van der Waals surface area contributed by atoms with Crippen LogP contribution >= 0.6 is 0 Å². The van der Waals surface area contributed by atoms with Crippen LogP contribution in [-0.4, -0.2) is 50.3 Å². The Morgan fingerprint density at radius 3 is 1.12 bits per heavy atom. The summed E-state index contributed by atoms with van der Waals surface area (Å²) >= 11 is 0. The number of carbonyl (C=O) groups is 4. The van der Waals surface area contributed by atoms with Gasteiger partial charge >= 0.3 is 23.9 Å². The lowest BCUT2D eigenvalue weighted by molar-refractivity contribution is 0.0415. The Morgan fingerprint density at radius 1 is 0.411 bits per heavy atom. The molecule has 0 spiro atoms. The van der Waals surface area contributed by atoms with Gasteiger partial charge in [-0.15, -0.1) is 0 Å². The van der Waals surface area contributed by atoms with E-state index in [-0.39, 0.29) is 54.2 Å². The highest BCUT2D eigenvalue weighted by Gasteiger charge is 2.36. The largest absolute Gasteiger partial charge is 0.462 e. The first kappa shape index (κ1) is 48.5. The average molecular weight is 779 g/mol. The fourth-order valence-corrected chi connectivity index (χ4v) is 6.60. The van der Waals surface area contributed by atoms with Crippen molar-refractivity contribution in [3.63, 3.8) is 0 Å². The van der Waals surface area contributed by atoms with E-state index >= 15 is 0 Å². The Hall–Kier alpha value is -3.68. The van der Waals surface area contributed by atoms with Crippen molar-refractivity contribution in [2.75, 3.05) is 26.4 Å². The van der Waals surface area contributed by atoms with Crippen LogP contribution in [0.5, 0.6) is 0 Å². The zero-order valence-corrected chi connectivity index (χ0v) is 36.2. The third-order valence-electron chi connectivity index (χ3n) is 9.88. The number of unbranched alkanes of at least 4 members (excludes halogenated alkanes) is 8. The molecule has 0 bridgehead atoms. The summed E-state index contributed by atoms with van der Waals surface area (Å²) in [5.74, 6) is -0.942. The summed E-state index contributed by atoms with van der Waals surface area (Å²) in [5, 5.41) is 0. The molecule has 0 radical (unpaired) electrons. The second kappa shape index (κ2) is 27.8. The summed E-state index contributed by atoms with van der Waals surface area (Å²) in [6, 6.07) is 10.5. The molecule has 0 saturated heterocycles. The molecular formula is C48H74O8. The molecule has 0 aliphatic rings. The Labute approximate surface area is 339 Å². The van der Waals surface area contributed by atoms with Gasteiger partial charge in [0, 0.05) is 0 Å². The SMILES string of the molecule is CC(C)CCCCCOC(=O)c1cc(-c2ccccc2)c(C(=O)OCCCCCC(C)C)c(C(=O)OCCCCCC(C)C)c1C(=O)OCCCCCC(C)C. The van der Waals surface area contributed by atoms with Gasteiger partial charge < -0.3 is 18.9 Å². The number of hydrogen-bond acceptors (Lipinski definition) is 8. The van der Waals surface area contributed by atoms with Gasteiger partial charge in [-0.1, -0.05) is 163 Å². The van der Waals surface area contributed by atoms with Crippen LogP contribution in [0.4, 0.5) is 0 Å². The van der Waals surface area contributed by atoms with E-state index in [1.54, 1.807) is 12.1 Å². The molecule has 0 fully saturated rings. The smallest absolute Gasteiger partial charge is 0.339 e. The second-order valence-corrected chi connectivity index (χ2v) is 17.0. The van der Waals surface area contributed by atoms with E-state index in [0.29, 0.717) is 54.9 Å². The summed E-state index contributed by atoms with van der Waals surface area (Å²) in [6.45, 7) is 17.9. The quantitative estimate of drug-likeness (QED) is 0.0457. The van der Waals surface area contributed by atoms with Crippen LogP contribution in [0.2, 0.25) is 0 Å². The highest BCUT2D eigenvalue weighted by Crippen LogP contribution is 2.34. The molecule has 0 N–H and O–H groups in total. The molecule has 8 heteroatoms. The van der Waals surface area contributed by atoms with Crippen LogP contribution in [0, 0.1) is 23.7 Å². The molecule has 2 aromatic carbocycles. The van der Waals surface area contributed by atoms with Crippen LogP contribution in [-0.2, 0) is 18.9 Å². The molecular weight excluding hydrogens is 705 g/mol. The molecule has 2 aromatic rings. The molecule has 314 valence electrons. The first-order valence-electron chi connectivity index (χ1n) is 21.8. The zero-order valence-electron chi connectivity index (χ0n) is 36.2. The number of benzene rings is 2. The number of ether oxygens (including phenoxy) is 4. The standard InChI is InChI=1S/C48H74O8/c1-35(2)24-14-10-20-30-53-45(49)41-34-40(39-28-18-9-19-29-39)42(46(50)54-31-21-11-15-25-36(3)4)44(48(52)56-33-23-13-17-27-38(7)8)43(41)47(51)55-32-22-12-16-26-37(5)6/h9,18-19,28-29,34-38H,10-17,20-27,30-33H2,1-8H3. The van der Waals surface area contributed by atoms with Crippen molar-refractivity contribution in [3.05, 3.63) is 58.7 Å². The number of esters is 4. The lowest BCUT2D eigenvalue weighted by Crippen LogP contribution is -2.25. The number of rotatable bonds is 29. The monoisotopic (exact) mass is 779 g/mol. The highest BCUT2D eigenvalue weighted by atomic mass is 16.5. The van der Waals surface area contributed by atoms with E-state index in [1.165, 1.54) is 6.07 Å². The molecule has 0 heterocycles. The van der Waals surface area contributed by atoms with Gasteiger partial charge in [0.2, 0.25) is 0 Å². The van der Waals surface area contributed by atoms with Crippen molar-refractivity contribution in [3.8, 4) is 11.1 Å². The summed E-state index contributed by atoms with van der Waals surface area (Å²) in [7, 11) is 0. The third kappa shape index (κ3) is 19.0. The minimum absolute atomic E-state index is 0.0946. The van der Waals surface area contributed by atoms with Crippen LogP contribution in [0.25, 0.3) is 11.1 Å². The normalized spacial score (nSPS) is 11.4. The van der Waals surface area contributed by atoms with Gasteiger partial charge in [0.25, 0.3) is 0 Å². The first-order chi connectivity index (χ1) is 26.8. The molecule has 0 aliphatic heterocycles. The molecule has 0 aliphatic carbocycles. The van der Waals surface area contributed by atoms with Gasteiger partial charge in [-0.3, -0.25) is 0 Å². The summed E-state index contributed by atoms with van der Waals surface area (Å²) in [5.41, 5.74) is -0.0139. The maximum Gasteiger partial charge on any atom is 0.339 e. The maximum atomic E-state index is 14.3. The van der Waals surface area contributed by atoms with Crippen LogP contribution in [0.1, 0.15) is 200 Å². The van der Waals surface area contributed by atoms with Gasteiger partial charge in [-0.25, -0.2) is 19.2 Å². The van der Waals surface area contributed by atoms with Crippen LogP contribution in [0.3, 0.4) is 0 Å². The highest BCUT2D eigenvalue weighted by molar-refractivity contribution is 6.18. The Kier molecular flexibility index (Phi) is 24.1. The topological polar surface area (TPSA) is 105 Å². The predicted molar refractivity (Wildman–Crippen MR) is 226 cm³/mol. The van der Waals surface area contributed by atoms with Crippen molar-refractivity contribution in [1.29, 1.82) is 0 Å².